The van der Waals surface area contributed by atoms with Gasteiger partial charge in [-0.1, -0.05) is 29.8 Å². The lowest BCUT2D eigenvalue weighted by Gasteiger charge is -2.26. The average Bonchev–Trinajstić information content (AvgIpc) is 3.18. The van der Waals surface area contributed by atoms with Gasteiger partial charge >= 0.3 is 0 Å². The number of aliphatic hydroxyl groups excluding tert-OH is 1. The Bertz CT molecular complexity index is 1080. The SMILES string of the molecule is Cc1cc(C)c(O)c(-c2n[nH]c3c2C(c2cccc(Cl)c2)N(CCO)C3=O)c1. The topological polar surface area (TPSA) is 89.5 Å². The van der Waals surface area contributed by atoms with Gasteiger partial charge in [-0.25, -0.2) is 0 Å². The molecule has 0 radical (unpaired) electrons. The van der Waals surface area contributed by atoms with Crippen molar-refractivity contribution in [2.24, 2.45) is 0 Å². The number of hydrogen-bond donors (Lipinski definition) is 3. The highest BCUT2D eigenvalue weighted by atomic mass is 35.5. The Hall–Kier alpha value is -2.83. The fraction of sp³-hybridized carbons (Fsp3) is 0.238. The number of β-amino-alcohol motifs (C(OH)–C–C–N with tert-alkyl or cyclic N) is 1. The van der Waals surface area contributed by atoms with Crippen LogP contribution in [0.2, 0.25) is 5.02 Å². The molecule has 1 amide bonds. The first kappa shape index (κ1) is 18.5. The summed E-state index contributed by atoms with van der Waals surface area (Å²) < 4.78 is 0. The van der Waals surface area contributed by atoms with Gasteiger partial charge in [-0.05, 0) is 48.7 Å². The van der Waals surface area contributed by atoms with Crippen LogP contribution in [0.5, 0.6) is 5.75 Å². The van der Waals surface area contributed by atoms with Crippen molar-refractivity contribution in [3.8, 4) is 17.0 Å². The van der Waals surface area contributed by atoms with Crippen molar-refractivity contribution in [1.82, 2.24) is 15.1 Å². The molecule has 6 nitrogen and oxygen atoms in total. The summed E-state index contributed by atoms with van der Waals surface area (Å²) in [7, 11) is 0. The van der Waals surface area contributed by atoms with Gasteiger partial charge in [0.1, 0.15) is 17.1 Å². The summed E-state index contributed by atoms with van der Waals surface area (Å²) in [6.07, 6.45) is 0. The molecule has 144 valence electrons. The quantitative estimate of drug-likeness (QED) is 0.627. The van der Waals surface area contributed by atoms with Gasteiger partial charge in [0.2, 0.25) is 0 Å². The molecule has 4 rings (SSSR count). The van der Waals surface area contributed by atoms with Gasteiger partial charge in [0, 0.05) is 22.7 Å². The van der Waals surface area contributed by atoms with Crippen molar-refractivity contribution in [2.75, 3.05) is 13.2 Å². The zero-order valence-corrected chi connectivity index (χ0v) is 16.3. The molecule has 1 unspecified atom stereocenters. The Balaban J connectivity index is 1.95. The van der Waals surface area contributed by atoms with Crippen LogP contribution >= 0.6 is 11.6 Å². The maximum atomic E-state index is 13.0. The van der Waals surface area contributed by atoms with E-state index in [1.54, 1.807) is 17.0 Å². The third-order valence-electron chi connectivity index (χ3n) is 5.07. The molecule has 1 aliphatic heterocycles. The number of aromatic nitrogens is 2. The van der Waals surface area contributed by atoms with E-state index >= 15 is 0 Å². The molecule has 3 N–H and O–H groups in total. The molecule has 0 saturated carbocycles. The van der Waals surface area contributed by atoms with Crippen LogP contribution < -0.4 is 0 Å². The number of carbonyl (C=O) groups is 1. The van der Waals surface area contributed by atoms with Crippen LogP contribution in [0, 0.1) is 13.8 Å². The van der Waals surface area contributed by atoms with Gasteiger partial charge in [0.15, 0.2) is 0 Å². The third kappa shape index (κ3) is 2.85. The van der Waals surface area contributed by atoms with Crippen LogP contribution in [-0.4, -0.2) is 44.4 Å². The van der Waals surface area contributed by atoms with E-state index in [0.29, 0.717) is 27.5 Å². The van der Waals surface area contributed by atoms with Crippen LogP contribution in [0.25, 0.3) is 11.3 Å². The Morgan fingerprint density at radius 3 is 2.75 bits per heavy atom. The number of benzene rings is 2. The summed E-state index contributed by atoms with van der Waals surface area (Å²) in [5.74, 6) is -0.102. The molecule has 2 aromatic carbocycles. The smallest absolute Gasteiger partial charge is 0.273 e. The molecule has 7 heteroatoms. The molecule has 0 fully saturated rings. The Kier molecular flexibility index (Phi) is 4.61. The second-order valence-corrected chi connectivity index (χ2v) is 7.46. The molecular formula is C21H20ClN3O3. The number of fused-ring (bicyclic) bond motifs is 1. The van der Waals surface area contributed by atoms with E-state index in [1.807, 2.05) is 38.1 Å². The Morgan fingerprint density at radius 1 is 1.25 bits per heavy atom. The minimum absolute atomic E-state index is 0.137. The molecule has 1 aliphatic rings. The lowest BCUT2D eigenvalue weighted by molar-refractivity contribution is 0.0706. The van der Waals surface area contributed by atoms with Crippen LogP contribution in [0.1, 0.15) is 38.8 Å². The fourth-order valence-corrected chi connectivity index (χ4v) is 4.10. The van der Waals surface area contributed by atoms with Crippen LogP contribution in [0.3, 0.4) is 0 Å². The summed E-state index contributed by atoms with van der Waals surface area (Å²) in [6, 6.07) is 10.6. The van der Waals surface area contributed by atoms with Gasteiger partial charge in [-0.15, -0.1) is 0 Å². The van der Waals surface area contributed by atoms with E-state index in [0.717, 1.165) is 16.7 Å². The molecule has 28 heavy (non-hydrogen) atoms. The normalized spacial score (nSPS) is 15.9. The van der Waals surface area contributed by atoms with Crippen LogP contribution in [0.15, 0.2) is 36.4 Å². The van der Waals surface area contributed by atoms with Crippen molar-refractivity contribution in [3.05, 3.63) is 69.4 Å². The number of phenolic OH excluding ortho intramolecular Hbond substituents is 1. The lowest BCUT2D eigenvalue weighted by atomic mass is 9.94. The zero-order chi connectivity index (χ0) is 20.0. The Morgan fingerprint density at radius 2 is 2.04 bits per heavy atom. The summed E-state index contributed by atoms with van der Waals surface area (Å²) in [6.45, 7) is 3.79. The number of aromatic amines is 1. The van der Waals surface area contributed by atoms with Crippen molar-refractivity contribution < 1.29 is 15.0 Å². The average molecular weight is 398 g/mol. The molecule has 0 bridgehead atoms. The minimum atomic E-state index is -0.456. The van der Waals surface area contributed by atoms with Crippen molar-refractivity contribution in [3.63, 3.8) is 0 Å². The molecule has 1 atom stereocenters. The van der Waals surface area contributed by atoms with Crippen LogP contribution in [-0.2, 0) is 0 Å². The Labute approximate surface area is 167 Å². The van der Waals surface area contributed by atoms with E-state index in [2.05, 4.69) is 10.2 Å². The highest BCUT2D eigenvalue weighted by Gasteiger charge is 2.42. The fourth-order valence-electron chi connectivity index (χ4n) is 3.90. The molecule has 0 spiro atoms. The standard InChI is InChI=1S/C21H20ClN3O3/c1-11-8-12(2)20(27)15(9-11)17-16-18(24-23-17)21(28)25(6-7-26)19(16)13-4-3-5-14(22)10-13/h3-5,8-10,19,26-27H,6-7H2,1-2H3,(H,23,24). The summed E-state index contributed by atoms with van der Waals surface area (Å²) in [5, 5.41) is 27.9. The number of nitrogens with zero attached hydrogens (tertiary/aromatic N) is 2. The van der Waals surface area contributed by atoms with Crippen molar-refractivity contribution in [2.45, 2.75) is 19.9 Å². The monoisotopic (exact) mass is 397 g/mol. The number of halogens is 1. The van der Waals surface area contributed by atoms with E-state index in [9.17, 15) is 15.0 Å². The predicted octanol–water partition coefficient (Wildman–Crippen LogP) is 3.59. The number of rotatable bonds is 4. The minimum Gasteiger partial charge on any atom is -0.507 e. The van der Waals surface area contributed by atoms with E-state index in [1.165, 1.54) is 0 Å². The van der Waals surface area contributed by atoms with Gasteiger partial charge in [-0.3, -0.25) is 9.89 Å². The first-order valence-electron chi connectivity index (χ1n) is 8.98. The maximum absolute atomic E-state index is 13.0. The number of hydrogen-bond acceptors (Lipinski definition) is 4. The second-order valence-electron chi connectivity index (χ2n) is 7.02. The van der Waals surface area contributed by atoms with Gasteiger partial charge < -0.3 is 15.1 Å². The van der Waals surface area contributed by atoms with Gasteiger partial charge in [-0.2, -0.15) is 5.10 Å². The first-order valence-corrected chi connectivity index (χ1v) is 9.36. The molecule has 1 aromatic heterocycles. The first-order chi connectivity index (χ1) is 13.4. The van der Waals surface area contributed by atoms with E-state index < -0.39 is 6.04 Å². The molecule has 3 aromatic rings. The van der Waals surface area contributed by atoms with Crippen molar-refractivity contribution in [1.29, 1.82) is 0 Å². The number of phenols is 1. The van der Waals surface area contributed by atoms with Crippen LogP contribution in [0.4, 0.5) is 0 Å². The number of nitrogens with one attached hydrogen (secondary N) is 1. The number of aromatic hydroxyl groups is 1. The molecule has 2 heterocycles. The number of aryl methyl sites for hydroxylation is 2. The number of H-pyrrole nitrogens is 1. The second kappa shape index (κ2) is 6.96. The lowest BCUT2D eigenvalue weighted by Crippen LogP contribution is -2.32. The zero-order valence-electron chi connectivity index (χ0n) is 15.5. The third-order valence-corrected chi connectivity index (χ3v) is 5.30. The highest BCUT2D eigenvalue weighted by Crippen LogP contribution is 2.45. The maximum Gasteiger partial charge on any atom is 0.273 e. The summed E-state index contributed by atoms with van der Waals surface area (Å²) in [4.78, 5) is 14.6. The van der Waals surface area contributed by atoms with Gasteiger partial charge in [0.05, 0.1) is 12.6 Å². The largest absolute Gasteiger partial charge is 0.507 e. The number of carbonyl (C=O) groups excluding carboxylic acids is 1. The van der Waals surface area contributed by atoms with Gasteiger partial charge in [0.25, 0.3) is 5.91 Å². The summed E-state index contributed by atoms with van der Waals surface area (Å²) >= 11 is 6.19. The van der Waals surface area contributed by atoms with E-state index in [4.69, 9.17) is 11.6 Å². The molecular weight excluding hydrogens is 378 g/mol. The number of amides is 1. The number of aliphatic hydroxyl groups is 1. The molecule has 0 saturated heterocycles. The van der Waals surface area contributed by atoms with E-state index in [-0.39, 0.29) is 24.8 Å². The highest BCUT2D eigenvalue weighted by molar-refractivity contribution is 6.30. The predicted molar refractivity (Wildman–Crippen MR) is 107 cm³/mol. The van der Waals surface area contributed by atoms with Crippen molar-refractivity contribution >= 4 is 17.5 Å². The summed E-state index contributed by atoms with van der Waals surface area (Å²) in [5.41, 5.74) is 4.69. The molecule has 0 aliphatic carbocycles.